The Hall–Kier alpha value is -3.60. The van der Waals surface area contributed by atoms with Crippen molar-refractivity contribution in [2.45, 2.75) is 6.61 Å². The minimum Gasteiger partial charge on any atom is -0.489 e. The van der Waals surface area contributed by atoms with Crippen molar-refractivity contribution in [3.63, 3.8) is 0 Å². The molecular weight excluding hydrogens is 338 g/mol. The van der Waals surface area contributed by atoms with Crippen LogP contribution in [0.4, 0.5) is 5.69 Å². The summed E-state index contributed by atoms with van der Waals surface area (Å²) in [4.78, 5) is 15.7. The van der Waals surface area contributed by atoms with Gasteiger partial charge in [-0.1, -0.05) is 30.3 Å². The molecule has 0 saturated heterocycles. The minimum absolute atomic E-state index is 0.487. The summed E-state index contributed by atoms with van der Waals surface area (Å²) >= 11 is 0. The van der Waals surface area contributed by atoms with Crippen LogP contribution in [0.3, 0.4) is 0 Å². The number of aldehydes is 1. The quantitative estimate of drug-likeness (QED) is 0.482. The number of aromatic nitrogens is 2. The normalized spacial score (nSPS) is 10.7. The molecule has 0 atom stereocenters. The predicted molar refractivity (Wildman–Crippen MR) is 106 cm³/mol. The minimum atomic E-state index is 0.487. The van der Waals surface area contributed by atoms with Crippen molar-refractivity contribution in [1.29, 1.82) is 0 Å². The second kappa shape index (κ2) is 7.33. The van der Waals surface area contributed by atoms with Gasteiger partial charge in [0.25, 0.3) is 0 Å². The Morgan fingerprint density at radius 2 is 1.85 bits per heavy atom. The van der Waals surface area contributed by atoms with Crippen LogP contribution < -0.4 is 9.75 Å². The van der Waals surface area contributed by atoms with Gasteiger partial charge in [0.15, 0.2) is 6.29 Å². The van der Waals surface area contributed by atoms with Crippen molar-refractivity contribution in [3.8, 4) is 5.75 Å². The first-order chi connectivity index (χ1) is 13.3. The number of rotatable bonds is 6. The molecule has 4 aromatic rings. The van der Waals surface area contributed by atoms with Gasteiger partial charge in [0, 0.05) is 36.6 Å². The molecule has 27 heavy (non-hydrogen) atoms. The molecule has 0 aliphatic heterocycles. The molecule has 0 saturated carbocycles. The lowest BCUT2D eigenvalue weighted by atomic mass is 10.2. The molecule has 2 aromatic carbocycles. The highest BCUT2D eigenvalue weighted by atomic mass is 16.5. The third-order valence-corrected chi connectivity index (χ3v) is 4.52. The maximum absolute atomic E-state index is 11.6. The molecule has 0 unspecified atom stereocenters. The molecule has 2 aromatic heterocycles. The zero-order valence-corrected chi connectivity index (χ0v) is 14.9. The standard InChI is InChI=1S/C22H19N3O2/c1-24(19-9-11-23-12-10-19)25-14-18(15-26)21-13-20(7-8-22(21)25)27-16-17-5-3-2-4-6-17/h2-15H,16H2,1H3. The van der Waals surface area contributed by atoms with Gasteiger partial charge in [-0.3, -0.25) is 19.5 Å². The Labute approximate surface area is 157 Å². The van der Waals surface area contributed by atoms with E-state index in [0.29, 0.717) is 12.2 Å². The Kier molecular flexibility index (Phi) is 4.58. The lowest BCUT2D eigenvalue weighted by Gasteiger charge is -2.21. The Morgan fingerprint density at radius 3 is 2.59 bits per heavy atom. The van der Waals surface area contributed by atoms with E-state index in [9.17, 15) is 4.79 Å². The van der Waals surface area contributed by atoms with E-state index in [2.05, 4.69) is 4.98 Å². The summed E-state index contributed by atoms with van der Waals surface area (Å²) < 4.78 is 7.86. The first-order valence-electron chi connectivity index (χ1n) is 8.67. The van der Waals surface area contributed by atoms with Gasteiger partial charge in [-0.15, -0.1) is 0 Å². The number of carbonyl (C=O) groups is 1. The highest BCUT2D eigenvalue weighted by molar-refractivity contribution is 5.98. The van der Waals surface area contributed by atoms with E-state index >= 15 is 0 Å². The molecule has 134 valence electrons. The van der Waals surface area contributed by atoms with E-state index in [4.69, 9.17) is 4.74 Å². The molecule has 0 amide bonds. The van der Waals surface area contributed by atoms with Crippen LogP contribution in [0, 0.1) is 0 Å². The highest BCUT2D eigenvalue weighted by Crippen LogP contribution is 2.27. The molecule has 0 spiro atoms. The zero-order valence-electron chi connectivity index (χ0n) is 14.9. The molecular formula is C22H19N3O2. The van der Waals surface area contributed by atoms with E-state index in [1.54, 1.807) is 12.4 Å². The summed E-state index contributed by atoms with van der Waals surface area (Å²) in [6, 6.07) is 19.7. The zero-order chi connectivity index (χ0) is 18.6. The molecule has 0 aliphatic rings. The van der Waals surface area contributed by atoms with Crippen LogP contribution in [-0.4, -0.2) is 23.0 Å². The fourth-order valence-electron chi connectivity index (χ4n) is 3.07. The van der Waals surface area contributed by atoms with Crippen molar-refractivity contribution >= 4 is 22.9 Å². The summed E-state index contributed by atoms with van der Waals surface area (Å²) in [6.45, 7) is 0.487. The number of nitrogens with zero attached hydrogens (tertiary/aromatic N) is 3. The van der Waals surface area contributed by atoms with Crippen LogP contribution >= 0.6 is 0 Å². The van der Waals surface area contributed by atoms with Crippen LogP contribution in [0.15, 0.2) is 79.3 Å². The van der Waals surface area contributed by atoms with Crippen molar-refractivity contribution in [2.24, 2.45) is 0 Å². The summed E-state index contributed by atoms with van der Waals surface area (Å²) in [5, 5.41) is 2.83. The third kappa shape index (κ3) is 3.40. The maximum atomic E-state index is 11.6. The lowest BCUT2D eigenvalue weighted by molar-refractivity contribution is 0.112. The highest BCUT2D eigenvalue weighted by Gasteiger charge is 2.13. The van der Waals surface area contributed by atoms with E-state index < -0.39 is 0 Å². The molecule has 0 aliphatic carbocycles. The number of hydrogen-bond acceptors (Lipinski definition) is 4. The van der Waals surface area contributed by atoms with Gasteiger partial charge in [0.2, 0.25) is 0 Å². The second-order valence-corrected chi connectivity index (χ2v) is 6.23. The summed E-state index contributed by atoms with van der Waals surface area (Å²) in [5.41, 5.74) is 3.63. The SMILES string of the molecule is CN(c1ccncc1)n1cc(C=O)c2cc(OCc3ccccc3)ccc21. The molecule has 0 fully saturated rings. The number of fused-ring (bicyclic) bond motifs is 1. The van der Waals surface area contributed by atoms with Gasteiger partial charge in [0.1, 0.15) is 12.4 Å². The summed E-state index contributed by atoms with van der Waals surface area (Å²) in [6.07, 6.45) is 6.20. The van der Waals surface area contributed by atoms with E-state index in [1.165, 1.54) is 0 Å². The van der Waals surface area contributed by atoms with E-state index in [1.807, 2.05) is 83.6 Å². The average molecular weight is 357 g/mol. The molecule has 0 radical (unpaired) electrons. The van der Waals surface area contributed by atoms with Crippen molar-refractivity contribution < 1.29 is 9.53 Å². The van der Waals surface area contributed by atoms with E-state index in [0.717, 1.165) is 34.2 Å². The van der Waals surface area contributed by atoms with Gasteiger partial charge < -0.3 is 4.74 Å². The van der Waals surface area contributed by atoms with Gasteiger partial charge in [0.05, 0.1) is 11.2 Å². The number of ether oxygens (including phenoxy) is 1. The predicted octanol–water partition coefficient (Wildman–Crippen LogP) is 4.33. The Morgan fingerprint density at radius 1 is 1.07 bits per heavy atom. The number of hydrogen-bond donors (Lipinski definition) is 0. The molecule has 5 nitrogen and oxygen atoms in total. The van der Waals surface area contributed by atoms with Crippen LogP contribution in [0.2, 0.25) is 0 Å². The molecule has 0 N–H and O–H groups in total. The molecule has 0 bridgehead atoms. The lowest BCUT2D eigenvalue weighted by Crippen LogP contribution is -2.23. The van der Waals surface area contributed by atoms with Crippen molar-refractivity contribution in [2.75, 3.05) is 12.1 Å². The third-order valence-electron chi connectivity index (χ3n) is 4.52. The number of benzene rings is 2. The molecule has 4 rings (SSSR count). The topological polar surface area (TPSA) is 47.4 Å². The van der Waals surface area contributed by atoms with E-state index in [-0.39, 0.29) is 0 Å². The van der Waals surface area contributed by atoms with Crippen molar-refractivity contribution in [3.05, 3.63) is 90.4 Å². The second-order valence-electron chi connectivity index (χ2n) is 6.23. The van der Waals surface area contributed by atoms with Crippen molar-refractivity contribution in [1.82, 2.24) is 9.66 Å². The number of pyridine rings is 1. The fourth-order valence-corrected chi connectivity index (χ4v) is 3.07. The van der Waals surface area contributed by atoms with Crippen LogP contribution in [-0.2, 0) is 6.61 Å². The Balaban J connectivity index is 1.66. The summed E-state index contributed by atoms with van der Waals surface area (Å²) in [7, 11) is 1.95. The van der Waals surface area contributed by atoms with Crippen LogP contribution in [0.25, 0.3) is 10.9 Å². The monoisotopic (exact) mass is 357 g/mol. The van der Waals surface area contributed by atoms with Crippen LogP contribution in [0.5, 0.6) is 5.75 Å². The number of anilines is 1. The molecule has 2 heterocycles. The van der Waals surface area contributed by atoms with Gasteiger partial charge >= 0.3 is 0 Å². The average Bonchev–Trinajstić information content (AvgIpc) is 3.11. The van der Waals surface area contributed by atoms with Crippen LogP contribution in [0.1, 0.15) is 15.9 Å². The number of carbonyl (C=O) groups excluding carboxylic acids is 1. The first-order valence-corrected chi connectivity index (χ1v) is 8.67. The Bertz CT molecular complexity index is 1060. The fraction of sp³-hybridized carbons (Fsp3) is 0.0909. The molecule has 5 heteroatoms. The van der Waals surface area contributed by atoms with Gasteiger partial charge in [-0.2, -0.15) is 0 Å². The van der Waals surface area contributed by atoms with Gasteiger partial charge in [-0.05, 0) is 35.9 Å². The summed E-state index contributed by atoms with van der Waals surface area (Å²) in [5.74, 6) is 0.735. The largest absolute Gasteiger partial charge is 0.489 e. The van der Waals surface area contributed by atoms with Gasteiger partial charge in [-0.25, -0.2) is 0 Å². The smallest absolute Gasteiger partial charge is 0.152 e. The first kappa shape index (κ1) is 16.8. The maximum Gasteiger partial charge on any atom is 0.152 e.